The van der Waals surface area contributed by atoms with Crippen LogP contribution in [0.15, 0.2) is 58.2 Å². The Morgan fingerprint density at radius 1 is 1.13 bits per heavy atom. The molecule has 0 aliphatic carbocycles. The molecule has 1 N–H and O–H groups in total. The molecular weight excluding hydrogens is 378 g/mol. The van der Waals surface area contributed by atoms with Crippen molar-refractivity contribution in [2.75, 3.05) is 44.7 Å². The molecule has 0 spiro atoms. The molecule has 3 aromatic rings. The maximum atomic E-state index is 5.32. The van der Waals surface area contributed by atoms with E-state index in [0.717, 1.165) is 32.1 Å². The molecule has 2 aromatic heterocycles. The van der Waals surface area contributed by atoms with E-state index in [1.54, 1.807) is 6.20 Å². The third-order valence-corrected chi connectivity index (χ3v) is 5.14. The van der Waals surface area contributed by atoms with E-state index in [2.05, 4.69) is 66.4 Å². The average Bonchev–Trinajstić information content (AvgIpc) is 3.27. The first-order chi connectivity index (χ1) is 14.7. The summed E-state index contributed by atoms with van der Waals surface area (Å²) in [7, 11) is 1.82. The van der Waals surface area contributed by atoms with Crippen molar-refractivity contribution in [1.82, 2.24) is 25.3 Å². The summed E-state index contributed by atoms with van der Waals surface area (Å²) in [5.41, 5.74) is 3.27. The SMILES string of the molecule is CN=C(NCCc1noc(-c2ccccn2)n1)N1CCN(c2cccc(C)c2)CC1. The van der Waals surface area contributed by atoms with Gasteiger partial charge >= 0.3 is 0 Å². The lowest BCUT2D eigenvalue weighted by Gasteiger charge is -2.37. The van der Waals surface area contributed by atoms with E-state index in [9.17, 15) is 0 Å². The van der Waals surface area contributed by atoms with Crippen LogP contribution in [0.2, 0.25) is 0 Å². The van der Waals surface area contributed by atoms with Crippen LogP contribution in [-0.4, -0.2) is 65.8 Å². The van der Waals surface area contributed by atoms with Crippen LogP contribution < -0.4 is 10.2 Å². The summed E-state index contributed by atoms with van der Waals surface area (Å²) in [5.74, 6) is 2.01. The van der Waals surface area contributed by atoms with Crippen LogP contribution in [0, 0.1) is 6.92 Å². The number of hydrogen-bond acceptors (Lipinski definition) is 6. The first-order valence-corrected chi connectivity index (χ1v) is 10.2. The third-order valence-electron chi connectivity index (χ3n) is 5.14. The normalized spacial score (nSPS) is 14.8. The van der Waals surface area contributed by atoms with Gasteiger partial charge in [-0.1, -0.05) is 23.4 Å². The van der Waals surface area contributed by atoms with Crippen LogP contribution in [0.1, 0.15) is 11.4 Å². The summed E-state index contributed by atoms with van der Waals surface area (Å²) in [5, 5.41) is 7.47. The fourth-order valence-corrected chi connectivity index (χ4v) is 3.57. The molecule has 1 aliphatic heterocycles. The maximum Gasteiger partial charge on any atom is 0.276 e. The topological polar surface area (TPSA) is 82.7 Å². The van der Waals surface area contributed by atoms with E-state index in [-0.39, 0.29) is 0 Å². The molecule has 156 valence electrons. The molecule has 0 saturated carbocycles. The first kappa shape index (κ1) is 19.9. The molecule has 4 rings (SSSR count). The molecule has 0 atom stereocenters. The number of aromatic nitrogens is 3. The Bertz CT molecular complexity index is 978. The minimum absolute atomic E-state index is 0.447. The van der Waals surface area contributed by atoms with Gasteiger partial charge in [0.15, 0.2) is 11.8 Å². The van der Waals surface area contributed by atoms with E-state index >= 15 is 0 Å². The van der Waals surface area contributed by atoms with Crippen molar-refractivity contribution >= 4 is 11.6 Å². The van der Waals surface area contributed by atoms with Crippen molar-refractivity contribution in [2.45, 2.75) is 13.3 Å². The van der Waals surface area contributed by atoms with Crippen molar-refractivity contribution in [2.24, 2.45) is 4.99 Å². The van der Waals surface area contributed by atoms with Crippen molar-refractivity contribution in [1.29, 1.82) is 0 Å². The number of pyridine rings is 1. The molecular formula is C22H27N7O. The molecule has 8 nitrogen and oxygen atoms in total. The quantitative estimate of drug-likeness (QED) is 0.515. The second-order valence-corrected chi connectivity index (χ2v) is 7.27. The predicted octanol–water partition coefficient (Wildman–Crippen LogP) is 2.38. The number of nitrogens with zero attached hydrogens (tertiary/aromatic N) is 6. The van der Waals surface area contributed by atoms with Crippen molar-refractivity contribution < 1.29 is 4.52 Å². The van der Waals surface area contributed by atoms with Crippen LogP contribution in [0.25, 0.3) is 11.6 Å². The highest BCUT2D eigenvalue weighted by molar-refractivity contribution is 5.80. The van der Waals surface area contributed by atoms with Gasteiger partial charge in [-0.15, -0.1) is 0 Å². The molecule has 0 bridgehead atoms. The minimum Gasteiger partial charge on any atom is -0.368 e. The zero-order valence-corrected chi connectivity index (χ0v) is 17.5. The largest absolute Gasteiger partial charge is 0.368 e. The van der Waals surface area contributed by atoms with Crippen molar-refractivity contribution in [3.8, 4) is 11.6 Å². The fourth-order valence-electron chi connectivity index (χ4n) is 3.57. The molecule has 8 heteroatoms. The zero-order valence-electron chi connectivity index (χ0n) is 17.5. The zero-order chi connectivity index (χ0) is 20.8. The van der Waals surface area contributed by atoms with Gasteiger partial charge in [-0.25, -0.2) is 0 Å². The molecule has 1 saturated heterocycles. The molecule has 0 amide bonds. The van der Waals surface area contributed by atoms with Gasteiger partial charge in [0.1, 0.15) is 5.69 Å². The molecule has 0 radical (unpaired) electrons. The number of rotatable bonds is 5. The smallest absolute Gasteiger partial charge is 0.276 e. The van der Waals surface area contributed by atoms with Gasteiger partial charge < -0.3 is 19.6 Å². The number of piperazine rings is 1. The molecule has 0 unspecified atom stereocenters. The maximum absolute atomic E-state index is 5.32. The van der Waals surface area contributed by atoms with Crippen LogP contribution >= 0.6 is 0 Å². The average molecular weight is 406 g/mol. The van der Waals surface area contributed by atoms with E-state index in [0.29, 0.717) is 30.4 Å². The van der Waals surface area contributed by atoms with Crippen LogP contribution in [0.5, 0.6) is 0 Å². The van der Waals surface area contributed by atoms with E-state index in [1.165, 1.54) is 11.3 Å². The van der Waals surface area contributed by atoms with Crippen molar-refractivity contribution in [3.63, 3.8) is 0 Å². The minimum atomic E-state index is 0.447. The highest BCUT2D eigenvalue weighted by Gasteiger charge is 2.20. The Kier molecular flexibility index (Phi) is 6.22. The van der Waals surface area contributed by atoms with Gasteiger partial charge in [-0.3, -0.25) is 9.98 Å². The van der Waals surface area contributed by atoms with Crippen LogP contribution in [0.3, 0.4) is 0 Å². The standard InChI is InChI=1S/C22H27N7O/c1-17-6-5-7-18(16-17)28-12-14-29(15-13-28)22(23-2)25-11-9-20-26-21(30-27-20)19-8-3-4-10-24-19/h3-8,10,16H,9,11-15H2,1-2H3,(H,23,25). The Hall–Kier alpha value is -3.42. The lowest BCUT2D eigenvalue weighted by atomic mass is 10.2. The van der Waals surface area contributed by atoms with E-state index in [1.807, 2.05) is 25.2 Å². The summed E-state index contributed by atoms with van der Waals surface area (Å²) in [4.78, 5) is 17.8. The highest BCUT2D eigenvalue weighted by Crippen LogP contribution is 2.18. The van der Waals surface area contributed by atoms with Crippen molar-refractivity contribution in [3.05, 3.63) is 60.0 Å². The Labute approximate surface area is 176 Å². The number of aliphatic imine (C=N–C) groups is 1. The number of nitrogens with one attached hydrogen (secondary N) is 1. The van der Waals surface area contributed by atoms with Gasteiger partial charge in [0.25, 0.3) is 5.89 Å². The monoisotopic (exact) mass is 405 g/mol. The second kappa shape index (κ2) is 9.39. The number of guanidine groups is 1. The molecule has 3 heterocycles. The fraction of sp³-hybridized carbons (Fsp3) is 0.364. The molecule has 1 fully saturated rings. The Morgan fingerprint density at radius 2 is 2.00 bits per heavy atom. The lowest BCUT2D eigenvalue weighted by molar-refractivity contribution is 0.372. The summed E-state index contributed by atoms with van der Waals surface area (Å²) < 4.78 is 5.32. The van der Waals surface area contributed by atoms with Crippen LogP contribution in [0.4, 0.5) is 5.69 Å². The third kappa shape index (κ3) is 4.76. The number of benzene rings is 1. The van der Waals surface area contributed by atoms with Gasteiger partial charge in [-0.2, -0.15) is 4.98 Å². The second-order valence-electron chi connectivity index (χ2n) is 7.27. The number of aryl methyl sites for hydroxylation is 1. The Morgan fingerprint density at radius 3 is 2.73 bits per heavy atom. The highest BCUT2D eigenvalue weighted by atomic mass is 16.5. The predicted molar refractivity (Wildman–Crippen MR) is 118 cm³/mol. The van der Waals surface area contributed by atoms with Gasteiger partial charge in [0.05, 0.1) is 0 Å². The summed E-state index contributed by atoms with van der Waals surface area (Å²) in [6, 6.07) is 14.3. The van der Waals surface area contributed by atoms with E-state index < -0.39 is 0 Å². The number of hydrogen-bond donors (Lipinski definition) is 1. The lowest BCUT2D eigenvalue weighted by Crippen LogP contribution is -2.52. The summed E-state index contributed by atoms with van der Waals surface area (Å²) >= 11 is 0. The van der Waals surface area contributed by atoms with Gasteiger partial charge in [-0.05, 0) is 36.8 Å². The summed E-state index contributed by atoms with van der Waals surface area (Å²) in [6.07, 6.45) is 2.36. The summed E-state index contributed by atoms with van der Waals surface area (Å²) in [6.45, 7) is 6.63. The molecule has 1 aliphatic rings. The van der Waals surface area contributed by atoms with Crippen LogP contribution in [-0.2, 0) is 6.42 Å². The first-order valence-electron chi connectivity index (χ1n) is 10.2. The van der Waals surface area contributed by atoms with Gasteiger partial charge in [0, 0.05) is 58.1 Å². The van der Waals surface area contributed by atoms with Gasteiger partial charge in [0.2, 0.25) is 0 Å². The molecule has 1 aromatic carbocycles. The molecule has 30 heavy (non-hydrogen) atoms. The Balaban J connectivity index is 1.26. The van der Waals surface area contributed by atoms with E-state index in [4.69, 9.17) is 4.52 Å². The number of anilines is 1.